The lowest BCUT2D eigenvalue weighted by atomic mass is 9.92. The van der Waals surface area contributed by atoms with Crippen molar-refractivity contribution in [2.45, 2.75) is 27.2 Å². The third kappa shape index (κ3) is 3.13. The third-order valence-corrected chi connectivity index (χ3v) is 2.94. The second kappa shape index (κ2) is 4.84. The van der Waals surface area contributed by atoms with Crippen LogP contribution in [0.3, 0.4) is 0 Å². The first-order valence-electron chi connectivity index (χ1n) is 6.32. The predicted molar refractivity (Wildman–Crippen MR) is 74.7 cm³/mol. The minimum absolute atomic E-state index is 0.0320. The van der Waals surface area contributed by atoms with Gasteiger partial charge in [-0.25, -0.2) is 0 Å². The fourth-order valence-corrected chi connectivity index (χ4v) is 1.84. The van der Waals surface area contributed by atoms with Crippen LogP contribution in [0.2, 0.25) is 0 Å². The summed E-state index contributed by atoms with van der Waals surface area (Å²) < 4.78 is 0. The van der Waals surface area contributed by atoms with Crippen LogP contribution in [0.15, 0.2) is 30.3 Å². The van der Waals surface area contributed by atoms with Crippen LogP contribution in [0.5, 0.6) is 0 Å². The lowest BCUT2D eigenvalue weighted by Crippen LogP contribution is -2.27. The highest BCUT2D eigenvalue weighted by molar-refractivity contribution is 5.97. The molecule has 1 heterocycles. The summed E-state index contributed by atoms with van der Waals surface area (Å²) in [7, 11) is 0. The van der Waals surface area contributed by atoms with E-state index < -0.39 is 0 Å². The highest BCUT2D eigenvalue weighted by Crippen LogP contribution is 2.17. The quantitative estimate of drug-likeness (QED) is 0.854. The van der Waals surface area contributed by atoms with Crippen molar-refractivity contribution in [3.63, 3.8) is 0 Å². The standard InChI is InChI=1S/C15H20N2O/c1-15(2,3)8-9-16-14(18)13-10-11-6-4-5-7-12(11)17-13/h4-7,10,17H,8-9H2,1-3H3,(H,16,18). The van der Waals surface area contributed by atoms with E-state index in [0.717, 1.165) is 17.3 Å². The van der Waals surface area contributed by atoms with Crippen molar-refractivity contribution in [3.8, 4) is 0 Å². The van der Waals surface area contributed by atoms with Crippen LogP contribution in [-0.2, 0) is 0 Å². The number of amides is 1. The van der Waals surface area contributed by atoms with Crippen LogP contribution in [0, 0.1) is 5.41 Å². The molecule has 1 amide bonds. The molecular formula is C15H20N2O. The third-order valence-electron chi connectivity index (χ3n) is 2.94. The number of H-pyrrole nitrogens is 1. The largest absolute Gasteiger partial charge is 0.351 e. The first-order valence-corrected chi connectivity index (χ1v) is 6.32. The van der Waals surface area contributed by atoms with Gasteiger partial charge in [-0.2, -0.15) is 0 Å². The summed E-state index contributed by atoms with van der Waals surface area (Å²) >= 11 is 0. The van der Waals surface area contributed by atoms with Crippen molar-refractivity contribution < 1.29 is 4.79 Å². The lowest BCUT2D eigenvalue weighted by Gasteiger charge is -2.17. The van der Waals surface area contributed by atoms with Gasteiger partial charge in [-0.05, 0) is 24.0 Å². The Kier molecular flexibility index (Phi) is 3.41. The molecule has 2 rings (SSSR count). The smallest absolute Gasteiger partial charge is 0.267 e. The van der Waals surface area contributed by atoms with Gasteiger partial charge in [0.1, 0.15) is 5.69 Å². The van der Waals surface area contributed by atoms with Crippen LogP contribution in [0.25, 0.3) is 10.9 Å². The number of nitrogens with one attached hydrogen (secondary N) is 2. The number of hydrogen-bond acceptors (Lipinski definition) is 1. The van der Waals surface area contributed by atoms with E-state index in [4.69, 9.17) is 0 Å². The Balaban J connectivity index is 2.01. The molecule has 3 heteroatoms. The molecule has 0 saturated heterocycles. The number of benzene rings is 1. The van der Waals surface area contributed by atoms with Gasteiger partial charge in [0, 0.05) is 17.4 Å². The average Bonchev–Trinajstić information content (AvgIpc) is 2.70. The number of rotatable bonds is 3. The number of hydrogen-bond donors (Lipinski definition) is 2. The predicted octanol–water partition coefficient (Wildman–Crippen LogP) is 3.33. The molecule has 0 saturated carbocycles. The van der Waals surface area contributed by atoms with Crippen molar-refractivity contribution in [2.24, 2.45) is 5.41 Å². The molecule has 1 aromatic carbocycles. The maximum Gasteiger partial charge on any atom is 0.267 e. The molecule has 0 aliphatic carbocycles. The van der Waals surface area contributed by atoms with Crippen LogP contribution >= 0.6 is 0 Å². The summed E-state index contributed by atoms with van der Waals surface area (Å²) in [4.78, 5) is 15.1. The summed E-state index contributed by atoms with van der Waals surface area (Å²) in [6.45, 7) is 7.21. The molecule has 0 bridgehead atoms. The summed E-state index contributed by atoms with van der Waals surface area (Å²) in [5.41, 5.74) is 1.87. The highest BCUT2D eigenvalue weighted by atomic mass is 16.1. The van der Waals surface area contributed by atoms with E-state index in [0.29, 0.717) is 12.2 Å². The second-order valence-corrected chi connectivity index (χ2v) is 5.84. The molecular weight excluding hydrogens is 224 g/mol. The Morgan fingerprint density at radius 2 is 2.00 bits per heavy atom. The summed E-state index contributed by atoms with van der Waals surface area (Å²) in [5.74, 6) is -0.0320. The van der Waals surface area contributed by atoms with Crippen molar-refractivity contribution in [1.82, 2.24) is 10.3 Å². The van der Waals surface area contributed by atoms with Gasteiger partial charge >= 0.3 is 0 Å². The summed E-state index contributed by atoms with van der Waals surface area (Å²) in [6, 6.07) is 9.79. The first-order chi connectivity index (χ1) is 8.46. The van der Waals surface area contributed by atoms with E-state index in [1.54, 1.807) is 0 Å². The maximum atomic E-state index is 12.0. The van der Waals surface area contributed by atoms with Crippen molar-refractivity contribution >= 4 is 16.8 Å². The topological polar surface area (TPSA) is 44.9 Å². The van der Waals surface area contributed by atoms with Gasteiger partial charge in [-0.3, -0.25) is 4.79 Å². The maximum absolute atomic E-state index is 12.0. The minimum Gasteiger partial charge on any atom is -0.351 e. The van der Waals surface area contributed by atoms with E-state index in [2.05, 4.69) is 31.1 Å². The number of aromatic nitrogens is 1. The van der Waals surface area contributed by atoms with E-state index >= 15 is 0 Å². The van der Waals surface area contributed by atoms with Gasteiger partial charge in [0.15, 0.2) is 0 Å². The number of carbonyl (C=O) groups excluding carboxylic acids is 1. The normalized spacial score (nSPS) is 11.7. The molecule has 2 N–H and O–H groups in total. The van der Waals surface area contributed by atoms with E-state index in [1.807, 2.05) is 30.3 Å². The first kappa shape index (κ1) is 12.7. The van der Waals surface area contributed by atoms with Gasteiger partial charge in [0.2, 0.25) is 0 Å². The van der Waals surface area contributed by atoms with Crippen molar-refractivity contribution in [3.05, 3.63) is 36.0 Å². The molecule has 1 aromatic heterocycles. The van der Waals surface area contributed by atoms with Gasteiger partial charge in [0.25, 0.3) is 5.91 Å². The summed E-state index contributed by atoms with van der Waals surface area (Å²) in [5, 5.41) is 4.01. The van der Waals surface area contributed by atoms with Gasteiger partial charge in [0.05, 0.1) is 0 Å². The molecule has 0 atom stereocenters. The summed E-state index contributed by atoms with van der Waals surface area (Å²) in [6.07, 6.45) is 0.971. The highest BCUT2D eigenvalue weighted by Gasteiger charge is 2.12. The van der Waals surface area contributed by atoms with E-state index in [1.165, 1.54) is 0 Å². The van der Waals surface area contributed by atoms with E-state index in [-0.39, 0.29) is 11.3 Å². The van der Waals surface area contributed by atoms with Gasteiger partial charge in [-0.1, -0.05) is 39.0 Å². The second-order valence-electron chi connectivity index (χ2n) is 5.84. The monoisotopic (exact) mass is 244 g/mol. The number of aromatic amines is 1. The van der Waals surface area contributed by atoms with Crippen LogP contribution < -0.4 is 5.32 Å². The molecule has 0 spiro atoms. The number of fused-ring (bicyclic) bond motifs is 1. The molecule has 96 valence electrons. The zero-order valence-electron chi connectivity index (χ0n) is 11.2. The van der Waals surface area contributed by atoms with Gasteiger partial charge < -0.3 is 10.3 Å². The van der Waals surface area contributed by atoms with Crippen molar-refractivity contribution in [2.75, 3.05) is 6.54 Å². The average molecular weight is 244 g/mol. The Bertz CT molecular complexity index is 516. The molecule has 2 aromatic rings. The number of carbonyl (C=O) groups is 1. The van der Waals surface area contributed by atoms with Gasteiger partial charge in [-0.15, -0.1) is 0 Å². The molecule has 0 fully saturated rings. The Labute approximate surface area is 108 Å². The molecule has 18 heavy (non-hydrogen) atoms. The van der Waals surface area contributed by atoms with Crippen molar-refractivity contribution in [1.29, 1.82) is 0 Å². The fraction of sp³-hybridized carbons (Fsp3) is 0.400. The van der Waals surface area contributed by atoms with Crippen LogP contribution in [0.4, 0.5) is 0 Å². The Morgan fingerprint density at radius 3 is 2.67 bits per heavy atom. The zero-order chi connectivity index (χ0) is 13.2. The Morgan fingerprint density at radius 1 is 1.28 bits per heavy atom. The lowest BCUT2D eigenvalue weighted by molar-refractivity contribution is 0.0945. The zero-order valence-corrected chi connectivity index (χ0v) is 11.2. The molecule has 0 aliphatic rings. The SMILES string of the molecule is CC(C)(C)CCNC(=O)c1cc2ccccc2[nH]1. The molecule has 0 aliphatic heterocycles. The van der Waals surface area contributed by atoms with Crippen LogP contribution in [0.1, 0.15) is 37.7 Å². The minimum atomic E-state index is -0.0320. The Hall–Kier alpha value is -1.77. The van der Waals surface area contributed by atoms with Crippen LogP contribution in [-0.4, -0.2) is 17.4 Å². The van der Waals surface area contributed by atoms with E-state index in [9.17, 15) is 4.79 Å². The fourth-order valence-electron chi connectivity index (χ4n) is 1.84. The molecule has 3 nitrogen and oxygen atoms in total. The molecule has 0 radical (unpaired) electrons. The molecule has 0 unspecified atom stereocenters. The number of para-hydroxylation sites is 1.